The summed E-state index contributed by atoms with van der Waals surface area (Å²) in [6.45, 7) is 1.12. The number of nitrogens with one attached hydrogen (secondary N) is 2. The third kappa shape index (κ3) is 3.18. The van der Waals surface area contributed by atoms with Gasteiger partial charge in [0.2, 0.25) is 0 Å². The largest absolute Gasteiger partial charge is 0.471 e. The number of alkyl halides is 3. The van der Waals surface area contributed by atoms with Crippen LogP contribution in [0, 0.1) is 12.8 Å². The van der Waals surface area contributed by atoms with Crippen molar-refractivity contribution in [2.45, 2.75) is 13.1 Å². The first-order chi connectivity index (χ1) is 10.2. The summed E-state index contributed by atoms with van der Waals surface area (Å²) in [6, 6.07) is 6.61. The standard InChI is InChI=1S/C13H12F3N3O3/c1-7-2-4-8(5-3-7)19-11(21)9(10(20)18-19)6-17-12(22)13(14,15)16/h2-5,9H,6H2,1H3,(H,17,22)(H,18,20). The molecule has 1 aliphatic rings. The Morgan fingerprint density at radius 3 is 2.41 bits per heavy atom. The zero-order valence-corrected chi connectivity index (χ0v) is 11.4. The number of benzene rings is 1. The third-order valence-electron chi connectivity index (χ3n) is 3.07. The maximum absolute atomic E-state index is 12.1. The Labute approximate surface area is 123 Å². The molecule has 0 aromatic heterocycles. The number of aryl methyl sites for hydroxylation is 1. The normalized spacial score (nSPS) is 18.4. The zero-order chi connectivity index (χ0) is 16.5. The van der Waals surface area contributed by atoms with Gasteiger partial charge in [0.1, 0.15) is 5.92 Å². The molecule has 0 aliphatic carbocycles. The van der Waals surface area contributed by atoms with E-state index in [2.05, 4.69) is 5.43 Å². The molecule has 1 fully saturated rings. The van der Waals surface area contributed by atoms with Crippen LogP contribution < -0.4 is 15.8 Å². The van der Waals surface area contributed by atoms with Crippen LogP contribution in [0.3, 0.4) is 0 Å². The molecule has 118 valence electrons. The van der Waals surface area contributed by atoms with Crippen molar-refractivity contribution in [3.63, 3.8) is 0 Å². The smallest absolute Gasteiger partial charge is 0.347 e. The number of nitrogens with zero attached hydrogens (tertiary/aromatic N) is 1. The maximum atomic E-state index is 12.1. The molecule has 1 saturated heterocycles. The predicted molar refractivity (Wildman–Crippen MR) is 69.4 cm³/mol. The summed E-state index contributed by atoms with van der Waals surface area (Å²) < 4.78 is 36.3. The fourth-order valence-electron chi connectivity index (χ4n) is 1.87. The molecule has 1 unspecified atom stereocenters. The topological polar surface area (TPSA) is 78.5 Å². The van der Waals surface area contributed by atoms with Crippen LogP contribution in [0.2, 0.25) is 0 Å². The molecule has 6 nitrogen and oxygen atoms in total. The van der Waals surface area contributed by atoms with Gasteiger partial charge in [0.05, 0.1) is 5.69 Å². The zero-order valence-electron chi connectivity index (χ0n) is 11.4. The Balaban J connectivity index is 2.06. The average Bonchev–Trinajstić information content (AvgIpc) is 2.71. The Kier molecular flexibility index (Phi) is 4.07. The number of carbonyl (C=O) groups excluding carboxylic acids is 3. The molecule has 0 spiro atoms. The van der Waals surface area contributed by atoms with Crippen LogP contribution >= 0.6 is 0 Å². The highest BCUT2D eigenvalue weighted by Gasteiger charge is 2.43. The van der Waals surface area contributed by atoms with E-state index in [-0.39, 0.29) is 0 Å². The Hall–Kier alpha value is -2.58. The molecule has 1 atom stereocenters. The molecule has 1 aromatic carbocycles. The molecule has 2 rings (SSSR count). The van der Waals surface area contributed by atoms with Gasteiger partial charge in [0.15, 0.2) is 0 Å². The highest BCUT2D eigenvalue weighted by Crippen LogP contribution is 2.21. The minimum absolute atomic E-state index is 0.383. The van der Waals surface area contributed by atoms with E-state index in [1.807, 2.05) is 6.92 Å². The van der Waals surface area contributed by atoms with Gasteiger partial charge in [-0.05, 0) is 19.1 Å². The predicted octanol–water partition coefficient (Wildman–Crippen LogP) is 0.668. The highest BCUT2D eigenvalue weighted by molar-refractivity contribution is 6.14. The summed E-state index contributed by atoms with van der Waals surface area (Å²) in [5, 5.41) is 2.48. The summed E-state index contributed by atoms with van der Waals surface area (Å²) in [4.78, 5) is 34.5. The van der Waals surface area contributed by atoms with E-state index in [1.54, 1.807) is 24.3 Å². The first-order valence-corrected chi connectivity index (χ1v) is 6.26. The summed E-state index contributed by atoms with van der Waals surface area (Å²) in [7, 11) is 0. The molecule has 0 bridgehead atoms. The summed E-state index contributed by atoms with van der Waals surface area (Å²) >= 11 is 0. The van der Waals surface area contributed by atoms with Crippen molar-refractivity contribution in [3.05, 3.63) is 29.8 Å². The van der Waals surface area contributed by atoms with E-state index < -0.39 is 36.4 Å². The first-order valence-electron chi connectivity index (χ1n) is 6.26. The second-order valence-electron chi connectivity index (χ2n) is 4.75. The van der Waals surface area contributed by atoms with E-state index in [9.17, 15) is 27.6 Å². The number of hydrogen-bond donors (Lipinski definition) is 2. The lowest BCUT2D eigenvalue weighted by Crippen LogP contribution is -2.42. The molecule has 22 heavy (non-hydrogen) atoms. The minimum atomic E-state index is -5.06. The summed E-state index contributed by atoms with van der Waals surface area (Å²) in [6.07, 6.45) is -5.06. The van der Waals surface area contributed by atoms with Gasteiger partial charge < -0.3 is 5.32 Å². The van der Waals surface area contributed by atoms with Crippen molar-refractivity contribution >= 4 is 23.4 Å². The van der Waals surface area contributed by atoms with Gasteiger partial charge in [-0.2, -0.15) is 13.2 Å². The Morgan fingerprint density at radius 1 is 1.27 bits per heavy atom. The molecule has 9 heteroatoms. The highest BCUT2D eigenvalue weighted by atomic mass is 19.4. The molecule has 0 saturated carbocycles. The second-order valence-corrected chi connectivity index (χ2v) is 4.75. The molecular formula is C13H12F3N3O3. The number of carbonyl (C=O) groups is 3. The SMILES string of the molecule is Cc1ccc(N2NC(=O)C(CNC(=O)C(F)(F)F)C2=O)cc1. The van der Waals surface area contributed by atoms with Crippen molar-refractivity contribution in [3.8, 4) is 0 Å². The minimum Gasteiger partial charge on any atom is -0.347 e. The van der Waals surface area contributed by atoms with Crippen molar-refractivity contribution < 1.29 is 27.6 Å². The van der Waals surface area contributed by atoms with E-state index in [0.717, 1.165) is 10.6 Å². The molecule has 3 amide bonds. The van der Waals surface area contributed by atoms with Crippen molar-refractivity contribution in [2.75, 3.05) is 11.6 Å². The van der Waals surface area contributed by atoms with Gasteiger partial charge in [-0.15, -0.1) is 0 Å². The van der Waals surface area contributed by atoms with Gasteiger partial charge in [0, 0.05) is 6.54 Å². The van der Waals surface area contributed by atoms with E-state index in [4.69, 9.17) is 0 Å². The Bertz CT molecular complexity index is 613. The molecule has 1 heterocycles. The van der Waals surface area contributed by atoms with Crippen LogP contribution in [-0.4, -0.2) is 30.4 Å². The number of anilines is 1. The number of hydrazine groups is 1. The number of rotatable bonds is 3. The number of amides is 3. The third-order valence-corrected chi connectivity index (χ3v) is 3.07. The van der Waals surface area contributed by atoms with Gasteiger partial charge >= 0.3 is 12.1 Å². The van der Waals surface area contributed by atoms with E-state index in [0.29, 0.717) is 5.69 Å². The second kappa shape index (κ2) is 5.66. The molecule has 1 aromatic rings. The quantitative estimate of drug-likeness (QED) is 0.805. The van der Waals surface area contributed by atoms with Crippen LogP contribution in [0.5, 0.6) is 0 Å². The van der Waals surface area contributed by atoms with Gasteiger partial charge in [-0.1, -0.05) is 17.7 Å². The van der Waals surface area contributed by atoms with Gasteiger partial charge in [0.25, 0.3) is 11.8 Å². The summed E-state index contributed by atoms with van der Waals surface area (Å²) in [5.74, 6) is -5.08. The molecular weight excluding hydrogens is 303 g/mol. The van der Waals surface area contributed by atoms with Crippen molar-refractivity contribution in [1.29, 1.82) is 0 Å². The molecule has 2 N–H and O–H groups in total. The van der Waals surface area contributed by atoms with E-state index in [1.165, 1.54) is 5.32 Å². The van der Waals surface area contributed by atoms with Crippen LogP contribution in [0.4, 0.5) is 18.9 Å². The summed E-state index contributed by atoms with van der Waals surface area (Å²) in [5.41, 5.74) is 3.59. The number of halogens is 3. The lowest BCUT2D eigenvalue weighted by molar-refractivity contribution is -0.173. The molecule has 0 radical (unpaired) electrons. The lowest BCUT2D eigenvalue weighted by Gasteiger charge is -2.15. The van der Waals surface area contributed by atoms with Crippen LogP contribution in [0.1, 0.15) is 5.56 Å². The Morgan fingerprint density at radius 2 is 1.86 bits per heavy atom. The van der Waals surface area contributed by atoms with Crippen LogP contribution in [0.25, 0.3) is 0 Å². The van der Waals surface area contributed by atoms with Gasteiger partial charge in [-0.3, -0.25) is 19.8 Å². The number of hydrogen-bond acceptors (Lipinski definition) is 3. The molecule has 1 aliphatic heterocycles. The fraction of sp³-hybridized carbons (Fsp3) is 0.308. The van der Waals surface area contributed by atoms with Crippen molar-refractivity contribution in [2.24, 2.45) is 5.92 Å². The first kappa shape index (κ1) is 15.8. The van der Waals surface area contributed by atoms with E-state index >= 15 is 0 Å². The van der Waals surface area contributed by atoms with Crippen LogP contribution in [-0.2, 0) is 14.4 Å². The van der Waals surface area contributed by atoms with Gasteiger partial charge in [-0.25, -0.2) is 5.01 Å². The fourth-order valence-corrected chi connectivity index (χ4v) is 1.87. The average molecular weight is 315 g/mol. The van der Waals surface area contributed by atoms with Crippen LogP contribution in [0.15, 0.2) is 24.3 Å². The van der Waals surface area contributed by atoms with Crippen molar-refractivity contribution in [1.82, 2.24) is 10.7 Å². The maximum Gasteiger partial charge on any atom is 0.471 e. The monoisotopic (exact) mass is 315 g/mol. The lowest BCUT2D eigenvalue weighted by atomic mass is 10.1.